The van der Waals surface area contributed by atoms with Crippen molar-refractivity contribution in [2.75, 3.05) is 13.2 Å². The molecule has 0 spiro atoms. The van der Waals surface area contributed by atoms with Crippen molar-refractivity contribution in [3.8, 4) is 11.5 Å². The first-order valence-electron chi connectivity index (χ1n) is 9.37. The van der Waals surface area contributed by atoms with Gasteiger partial charge >= 0.3 is 0 Å². The van der Waals surface area contributed by atoms with Crippen LogP contribution >= 0.6 is 27.7 Å². The zero-order chi connectivity index (χ0) is 21.5. The highest BCUT2D eigenvalue weighted by Gasteiger charge is 2.32. The topological polar surface area (TPSA) is 80.2 Å². The Hall–Kier alpha value is -2.52. The first kappa shape index (κ1) is 22.2. The van der Waals surface area contributed by atoms with Gasteiger partial charge in [-0.15, -0.1) is 5.10 Å². The van der Waals surface area contributed by atoms with Gasteiger partial charge in [0.15, 0.2) is 5.17 Å². The van der Waals surface area contributed by atoms with Crippen LogP contribution in [0.25, 0.3) is 0 Å². The van der Waals surface area contributed by atoms with Gasteiger partial charge in [-0.2, -0.15) is 0 Å². The molecule has 1 aliphatic heterocycles. The molecule has 0 unspecified atom stereocenters. The Kier molecular flexibility index (Phi) is 7.75. The summed E-state index contributed by atoms with van der Waals surface area (Å²) in [7, 11) is 0. The van der Waals surface area contributed by atoms with Gasteiger partial charge in [-0.1, -0.05) is 36.0 Å². The number of halogens is 1. The standard InChI is InChI=1S/C21H22BrN3O4S/c1-14(26)23-21-24-25(15(2)27)20(30-21)16-9-10-19(18(22)13-16)29-12-6-11-28-17-7-4-3-5-8-17/h3-5,7-10,13,20H,6,11-12H2,1-2H3,(H,23,24,26)/t20-/m0/s1. The van der Waals surface area contributed by atoms with Crippen molar-refractivity contribution in [3.63, 3.8) is 0 Å². The molecule has 3 rings (SSSR count). The van der Waals surface area contributed by atoms with E-state index >= 15 is 0 Å². The molecular formula is C21H22BrN3O4S. The van der Waals surface area contributed by atoms with Gasteiger partial charge in [0.2, 0.25) is 11.8 Å². The molecule has 9 heteroatoms. The zero-order valence-corrected chi connectivity index (χ0v) is 19.0. The summed E-state index contributed by atoms with van der Waals surface area (Å²) >= 11 is 4.85. The van der Waals surface area contributed by atoms with Crippen molar-refractivity contribution in [1.29, 1.82) is 0 Å². The van der Waals surface area contributed by atoms with Crippen LogP contribution in [-0.4, -0.2) is 35.2 Å². The lowest BCUT2D eigenvalue weighted by Gasteiger charge is -2.20. The van der Waals surface area contributed by atoms with Gasteiger partial charge in [0, 0.05) is 20.3 Å². The van der Waals surface area contributed by atoms with E-state index in [9.17, 15) is 9.59 Å². The number of amidine groups is 1. The third-order valence-corrected chi connectivity index (χ3v) is 5.77. The minimum atomic E-state index is -0.353. The van der Waals surface area contributed by atoms with Gasteiger partial charge in [-0.25, -0.2) is 5.01 Å². The van der Waals surface area contributed by atoms with Gasteiger partial charge < -0.3 is 14.8 Å². The van der Waals surface area contributed by atoms with Crippen LogP contribution in [0.4, 0.5) is 0 Å². The maximum atomic E-state index is 12.0. The SMILES string of the molecule is CC(=O)NC1=NN(C(C)=O)[C@H](c2ccc(OCCCOc3ccccc3)c(Br)c2)S1. The number of nitrogens with one attached hydrogen (secondary N) is 1. The van der Waals surface area contributed by atoms with Crippen LogP contribution in [-0.2, 0) is 9.59 Å². The fraction of sp³-hybridized carbons (Fsp3) is 0.286. The Morgan fingerprint density at radius 1 is 1.13 bits per heavy atom. The van der Waals surface area contributed by atoms with Gasteiger partial charge in [0.25, 0.3) is 0 Å². The molecule has 30 heavy (non-hydrogen) atoms. The highest BCUT2D eigenvalue weighted by Crippen LogP contribution is 2.40. The monoisotopic (exact) mass is 491 g/mol. The van der Waals surface area contributed by atoms with Crippen LogP contribution in [0.2, 0.25) is 0 Å². The lowest BCUT2D eigenvalue weighted by Crippen LogP contribution is -2.25. The molecule has 1 heterocycles. The molecule has 0 fully saturated rings. The normalized spacial score (nSPS) is 15.5. The fourth-order valence-corrected chi connectivity index (χ4v) is 4.35. The number of hydrazone groups is 1. The minimum absolute atomic E-state index is 0.206. The summed E-state index contributed by atoms with van der Waals surface area (Å²) in [6.07, 6.45) is 0.744. The van der Waals surface area contributed by atoms with Crippen molar-refractivity contribution in [2.24, 2.45) is 5.10 Å². The van der Waals surface area contributed by atoms with Crippen molar-refractivity contribution >= 4 is 44.7 Å². The Labute approximate surface area is 187 Å². The first-order valence-corrected chi connectivity index (χ1v) is 11.0. The summed E-state index contributed by atoms with van der Waals surface area (Å²) < 4.78 is 12.3. The van der Waals surface area contributed by atoms with Crippen molar-refractivity contribution in [2.45, 2.75) is 25.6 Å². The molecule has 1 N–H and O–H groups in total. The number of carbonyl (C=O) groups excluding carboxylic acids is 2. The van der Waals surface area contributed by atoms with E-state index in [2.05, 4.69) is 26.3 Å². The molecule has 1 aliphatic rings. The predicted octanol–water partition coefficient (Wildman–Crippen LogP) is 4.30. The molecule has 158 valence electrons. The van der Waals surface area contributed by atoms with Crippen molar-refractivity contribution in [1.82, 2.24) is 10.3 Å². The van der Waals surface area contributed by atoms with E-state index in [1.54, 1.807) is 0 Å². The highest BCUT2D eigenvalue weighted by molar-refractivity contribution is 9.10. The summed E-state index contributed by atoms with van der Waals surface area (Å²) in [4.78, 5) is 23.3. The second kappa shape index (κ2) is 10.5. The number of hydrogen-bond acceptors (Lipinski definition) is 6. The van der Waals surface area contributed by atoms with Crippen LogP contribution in [0, 0.1) is 0 Å². The number of carbonyl (C=O) groups is 2. The Morgan fingerprint density at radius 3 is 2.53 bits per heavy atom. The number of thioether (sulfide) groups is 1. The molecule has 0 saturated heterocycles. The van der Waals surface area contributed by atoms with E-state index in [0.29, 0.717) is 24.1 Å². The average Bonchev–Trinajstić information content (AvgIpc) is 3.13. The lowest BCUT2D eigenvalue weighted by atomic mass is 10.2. The van der Waals surface area contributed by atoms with E-state index in [4.69, 9.17) is 9.47 Å². The minimum Gasteiger partial charge on any atom is -0.493 e. The van der Waals surface area contributed by atoms with Gasteiger partial charge in [0.1, 0.15) is 16.9 Å². The maximum absolute atomic E-state index is 12.0. The van der Waals surface area contributed by atoms with Crippen LogP contribution in [0.5, 0.6) is 11.5 Å². The predicted molar refractivity (Wildman–Crippen MR) is 120 cm³/mol. The van der Waals surface area contributed by atoms with Crippen molar-refractivity contribution in [3.05, 3.63) is 58.6 Å². The third-order valence-electron chi connectivity index (χ3n) is 4.05. The zero-order valence-electron chi connectivity index (χ0n) is 16.6. The molecule has 0 aliphatic carbocycles. The number of para-hydroxylation sites is 1. The number of amides is 2. The highest BCUT2D eigenvalue weighted by atomic mass is 79.9. The van der Waals surface area contributed by atoms with E-state index in [0.717, 1.165) is 22.2 Å². The summed E-state index contributed by atoms with van der Waals surface area (Å²) in [5.74, 6) is 1.11. The van der Waals surface area contributed by atoms with E-state index in [1.807, 2.05) is 48.5 Å². The van der Waals surface area contributed by atoms with Crippen LogP contribution in [0.15, 0.2) is 58.1 Å². The molecule has 1 atom stereocenters. The number of ether oxygens (including phenoxy) is 2. The molecule has 0 radical (unpaired) electrons. The summed E-state index contributed by atoms with van der Waals surface area (Å²) in [6, 6.07) is 15.3. The molecule has 0 bridgehead atoms. The van der Waals surface area contributed by atoms with E-state index in [1.165, 1.54) is 30.6 Å². The van der Waals surface area contributed by atoms with E-state index in [-0.39, 0.29) is 17.2 Å². The quantitative estimate of drug-likeness (QED) is 0.584. The Bertz CT molecular complexity index is 939. The van der Waals surface area contributed by atoms with Crippen LogP contribution < -0.4 is 14.8 Å². The maximum Gasteiger partial charge on any atom is 0.241 e. The molecule has 2 amide bonds. The van der Waals surface area contributed by atoms with Crippen LogP contribution in [0.1, 0.15) is 31.2 Å². The number of hydrogen-bond donors (Lipinski definition) is 1. The van der Waals surface area contributed by atoms with Gasteiger partial charge in [-0.05, 0) is 45.8 Å². The molecule has 0 saturated carbocycles. The van der Waals surface area contributed by atoms with Gasteiger partial charge in [-0.3, -0.25) is 9.59 Å². The summed E-state index contributed by atoms with van der Waals surface area (Å²) in [5, 5.41) is 8.25. The molecular weight excluding hydrogens is 470 g/mol. The van der Waals surface area contributed by atoms with Crippen LogP contribution in [0.3, 0.4) is 0 Å². The lowest BCUT2D eigenvalue weighted by molar-refractivity contribution is -0.129. The number of nitrogens with zero attached hydrogens (tertiary/aromatic N) is 2. The largest absolute Gasteiger partial charge is 0.493 e. The molecule has 7 nitrogen and oxygen atoms in total. The van der Waals surface area contributed by atoms with E-state index < -0.39 is 0 Å². The second-order valence-electron chi connectivity index (χ2n) is 6.47. The summed E-state index contributed by atoms with van der Waals surface area (Å²) in [6.45, 7) is 3.92. The van der Waals surface area contributed by atoms with Crippen molar-refractivity contribution < 1.29 is 19.1 Å². The Balaban J connectivity index is 1.55. The molecule has 2 aromatic rings. The fourth-order valence-electron chi connectivity index (χ4n) is 2.71. The number of rotatable bonds is 7. The first-order chi connectivity index (χ1) is 14.4. The third kappa shape index (κ3) is 5.99. The number of benzene rings is 2. The Morgan fingerprint density at radius 2 is 1.87 bits per heavy atom. The van der Waals surface area contributed by atoms with Gasteiger partial charge in [0.05, 0.1) is 17.7 Å². The second-order valence-corrected chi connectivity index (χ2v) is 8.40. The summed E-state index contributed by atoms with van der Waals surface area (Å²) in [5.41, 5.74) is 0.867. The average molecular weight is 492 g/mol. The smallest absolute Gasteiger partial charge is 0.241 e. The molecule has 0 aromatic heterocycles. The molecule has 2 aromatic carbocycles.